The zero-order valence-corrected chi connectivity index (χ0v) is 14.9. The Kier molecular flexibility index (Phi) is 4.99. The van der Waals surface area contributed by atoms with Gasteiger partial charge in [-0.1, -0.05) is 12.1 Å². The van der Waals surface area contributed by atoms with Crippen molar-refractivity contribution in [3.05, 3.63) is 29.8 Å². The number of anilines is 1. The Hall–Kier alpha value is -2.09. The molecule has 0 aromatic heterocycles. The van der Waals surface area contributed by atoms with Crippen LogP contribution >= 0.6 is 0 Å². The van der Waals surface area contributed by atoms with Gasteiger partial charge in [0.25, 0.3) is 5.91 Å². The average Bonchev–Trinajstić information content (AvgIpc) is 3.36. The van der Waals surface area contributed by atoms with E-state index >= 15 is 0 Å². The van der Waals surface area contributed by atoms with Crippen LogP contribution in [0.15, 0.2) is 24.3 Å². The van der Waals surface area contributed by atoms with Crippen LogP contribution < -0.4 is 5.32 Å². The molecule has 2 aliphatic rings. The Bertz CT molecular complexity index is 773. The first kappa shape index (κ1) is 17.7. The number of ether oxygens (including phenoxy) is 1. The number of amides is 1. The molecule has 1 aromatic carbocycles. The number of rotatable bonds is 6. The fraction of sp³-hybridized carbons (Fsp3) is 0.529. The predicted octanol–water partition coefficient (Wildman–Crippen LogP) is 1.06. The Morgan fingerprint density at radius 1 is 1.20 bits per heavy atom. The maximum absolute atomic E-state index is 12.6. The molecule has 136 valence electrons. The second-order valence-corrected chi connectivity index (χ2v) is 8.69. The van der Waals surface area contributed by atoms with E-state index in [9.17, 15) is 18.0 Å². The topological polar surface area (TPSA) is 92.8 Å². The number of nitrogens with one attached hydrogen (secondary N) is 1. The SMILES string of the molecule is CNc1ccccc1C(=O)OCC(=O)N(C1CC1)[C@H]1CCS(=O)(=O)C1. The number of nitrogens with zero attached hydrogens (tertiary/aromatic N) is 1. The molecular formula is C17H22N2O5S. The Morgan fingerprint density at radius 3 is 2.52 bits per heavy atom. The van der Waals surface area contributed by atoms with Crippen LogP contribution in [0.2, 0.25) is 0 Å². The van der Waals surface area contributed by atoms with Gasteiger partial charge >= 0.3 is 5.97 Å². The number of carbonyl (C=O) groups is 2. The van der Waals surface area contributed by atoms with Crippen molar-refractivity contribution in [3.8, 4) is 0 Å². The summed E-state index contributed by atoms with van der Waals surface area (Å²) in [5, 5.41) is 2.91. The van der Waals surface area contributed by atoms with Gasteiger partial charge < -0.3 is 15.0 Å². The molecule has 1 heterocycles. The first-order valence-corrected chi connectivity index (χ1v) is 10.2. The minimum Gasteiger partial charge on any atom is -0.452 e. The summed E-state index contributed by atoms with van der Waals surface area (Å²) in [6.07, 6.45) is 2.21. The van der Waals surface area contributed by atoms with Crippen molar-refractivity contribution in [2.45, 2.75) is 31.3 Å². The minimum atomic E-state index is -3.07. The Balaban J connectivity index is 1.63. The number of esters is 1. The molecule has 1 amide bonds. The van der Waals surface area contributed by atoms with E-state index in [1.807, 2.05) is 0 Å². The standard InChI is InChI=1S/C17H22N2O5S/c1-18-15-5-3-2-4-14(15)17(21)24-10-16(20)19(12-6-7-12)13-8-9-25(22,23)11-13/h2-5,12-13,18H,6-11H2,1H3/t13-/m0/s1. The molecule has 1 aliphatic carbocycles. The molecule has 1 saturated heterocycles. The van der Waals surface area contributed by atoms with Gasteiger partial charge in [-0.2, -0.15) is 0 Å². The minimum absolute atomic E-state index is 0.00573. The van der Waals surface area contributed by atoms with Gasteiger partial charge in [0.05, 0.1) is 17.1 Å². The van der Waals surface area contributed by atoms with E-state index in [1.54, 1.807) is 36.2 Å². The van der Waals surface area contributed by atoms with Gasteiger partial charge in [0.15, 0.2) is 16.4 Å². The third-order valence-corrected chi connectivity index (χ3v) is 6.32. The van der Waals surface area contributed by atoms with Crippen LogP contribution in [0.3, 0.4) is 0 Å². The van der Waals surface area contributed by atoms with Crippen molar-refractivity contribution >= 4 is 27.4 Å². The maximum atomic E-state index is 12.6. The van der Waals surface area contributed by atoms with Crippen LogP contribution in [0.5, 0.6) is 0 Å². The summed E-state index contributed by atoms with van der Waals surface area (Å²) in [4.78, 5) is 26.4. The number of para-hydroxylation sites is 1. The molecule has 1 aliphatic heterocycles. The summed E-state index contributed by atoms with van der Waals surface area (Å²) in [6, 6.07) is 6.67. The highest BCUT2D eigenvalue weighted by molar-refractivity contribution is 7.91. The second-order valence-electron chi connectivity index (χ2n) is 6.46. The molecule has 0 bridgehead atoms. The lowest BCUT2D eigenvalue weighted by atomic mass is 10.2. The number of carbonyl (C=O) groups excluding carboxylic acids is 2. The number of benzene rings is 1. The van der Waals surface area contributed by atoms with Crippen LogP contribution in [0.1, 0.15) is 29.6 Å². The molecule has 8 heteroatoms. The summed E-state index contributed by atoms with van der Waals surface area (Å²) < 4.78 is 28.6. The van der Waals surface area contributed by atoms with Gasteiger partial charge in [-0.15, -0.1) is 0 Å². The zero-order valence-electron chi connectivity index (χ0n) is 14.1. The fourth-order valence-electron chi connectivity index (χ4n) is 3.21. The van der Waals surface area contributed by atoms with Crippen LogP contribution in [-0.4, -0.2) is 62.4 Å². The molecule has 0 spiro atoms. The first-order valence-electron chi connectivity index (χ1n) is 8.37. The summed E-state index contributed by atoms with van der Waals surface area (Å²) in [7, 11) is -1.37. The van der Waals surface area contributed by atoms with Crippen molar-refractivity contribution in [1.82, 2.24) is 4.90 Å². The van der Waals surface area contributed by atoms with E-state index in [2.05, 4.69) is 5.32 Å². The van der Waals surface area contributed by atoms with E-state index in [4.69, 9.17) is 4.74 Å². The van der Waals surface area contributed by atoms with Crippen molar-refractivity contribution < 1.29 is 22.7 Å². The predicted molar refractivity (Wildman–Crippen MR) is 93.2 cm³/mol. The highest BCUT2D eigenvalue weighted by Gasteiger charge is 2.42. The Morgan fingerprint density at radius 2 is 1.92 bits per heavy atom. The molecule has 1 N–H and O–H groups in total. The van der Waals surface area contributed by atoms with Gasteiger partial charge in [-0.25, -0.2) is 13.2 Å². The lowest BCUT2D eigenvalue weighted by Crippen LogP contribution is -2.44. The van der Waals surface area contributed by atoms with Gasteiger partial charge in [-0.05, 0) is 31.4 Å². The van der Waals surface area contributed by atoms with Crippen molar-refractivity contribution in [1.29, 1.82) is 0 Å². The van der Waals surface area contributed by atoms with E-state index in [0.29, 0.717) is 17.7 Å². The number of sulfone groups is 1. The fourth-order valence-corrected chi connectivity index (χ4v) is 4.92. The first-order chi connectivity index (χ1) is 11.9. The van der Waals surface area contributed by atoms with Crippen LogP contribution in [0.25, 0.3) is 0 Å². The van der Waals surface area contributed by atoms with Crippen molar-refractivity contribution in [2.75, 3.05) is 30.5 Å². The third-order valence-electron chi connectivity index (χ3n) is 4.57. The molecule has 3 rings (SSSR count). The van der Waals surface area contributed by atoms with Gasteiger partial charge in [0, 0.05) is 24.8 Å². The molecule has 25 heavy (non-hydrogen) atoms. The number of hydrogen-bond donors (Lipinski definition) is 1. The van der Waals surface area contributed by atoms with Crippen molar-refractivity contribution in [3.63, 3.8) is 0 Å². The van der Waals surface area contributed by atoms with Crippen LogP contribution in [-0.2, 0) is 19.4 Å². The smallest absolute Gasteiger partial charge is 0.340 e. The molecule has 2 fully saturated rings. The molecular weight excluding hydrogens is 344 g/mol. The molecule has 7 nitrogen and oxygen atoms in total. The van der Waals surface area contributed by atoms with Gasteiger partial charge in [0.2, 0.25) is 0 Å². The molecule has 1 atom stereocenters. The highest BCUT2D eigenvalue weighted by atomic mass is 32.2. The second kappa shape index (κ2) is 7.03. The monoisotopic (exact) mass is 366 g/mol. The normalized spacial score (nSPS) is 21.6. The lowest BCUT2D eigenvalue weighted by molar-refractivity contribution is -0.137. The Labute approximate surface area is 147 Å². The third kappa shape index (κ3) is 4.12. The molecule has 0 radical (unpaired) electrons. The average molecular weight is 366 g/mol. The van der Waals surface area contributed by atoms with Crippen LogP contribution in [0, 0.1) is 0 Å². The summed E-state index contributed by atoms with van der Waals surface area (Å²) in [5.41, 5.74) is 0.986. The molecule has 0 unspecified atom stereocenters. The van der Waals surface area contributed by atoms with E-state index in [0.717, 1.165) is 12.8 Å². The van der Waals surface area contributed by atoms with Gasteiger partial charge in [0.1, 0.15) is 0 Å². The number of hydrogen-bond acceptors (Lipinski definition) is 6. The zero-order chi connectivity index (χ0) is 18.0. The van der Waals surface area contributed by atoms with Crippen LogP contribution in [0.4, 0.5) is 5.69 Å². The van der Waals surface area contributed by atoms with E-state index in [1.165, 1.54) is 0 Å². The molecule has 1 saturated carbocycles. The lowest BCUT2D eigenvalue weighted by Gasteiger charge is -2.28. The highest BCUT2D eigenvalue weighted by Crippen LogP contribution is 2.32. The largest absolute Gasteiger partial charge is 0.452 e. The summed E-state index contributed by atoms with van der Waals surface area (Å²) >= 11 is 0. The van der Waals surface area contributed by atoms with Gasteiger partial charge in [-0.3, -0.25) is 4.79 Å². The molecule has 1 aromatic rings. The van der Waals surface area contributed by atoms with Crippen molar-refractivity contribution in [2.24, 2.45) is 0 Å². The quantitative estimate of drug-likeness (QED) is 0.757. The summed E-state index contributed by atoms with van der Waals surface area (Å²) in [6.45, 7) is -0.371. The van der Waals surface area contributed by atoms with E-state index in [-0.39, 0.29) is 36.1 Å². The maximum Gasteiger partial charge on any atom is 0.340 e. The summed E-state index contributed by atoms with van der Waals surface area (Å²) in [5.74, 6) is -0.775. The van der Waals surface area contributed by atoms with E-state index < -0.39 is 15.8 Å².